The largest absolute Gasteiger partial charge is 0.466 e. The van der Waals surface area contributed by atoms with Crippen LogP contribution in [-0.2, 0) is 10.2 Å². The van der Waals surface area contributed by atoms with Gasteiger partial charge in [0.25, 0.3) is 11.8 Å². The zero-order valence-corrected chi connectivity index (χ0v) is 22.5. The summed E-state index contributed by atoms with van der Waals surface area (Å²) in [7, 11) is 3.86. The molecule has 5 rings (SSSR count). The first-order valence-electron chi connectivity index (χ1n) is 12.5. The molecule has 2 aliphatic rings. The molecule has 1 aromatic heterocycles. The molecule has 2 N–H and O–H groups in total. The highest BCUT2D eigenvalue weighted by Crippen LogP contribution is 2.41. The van der Waals surface area contributed by atoms with Crippen LogP contribution in [-0.4, -0.2) is 55.5 Å². The Morgan fingerprint density at radius 2 is 1.92 bits per heavy atom. The van der Waals surface area contributed by atoms with Crippen LogP contribution >= 0.6 is 0 Å². The first-order valence-corrected chi connectivity index (χ1v) is 12.5. The molecule has 0 saturated heterocycles. The third-order valence-corrected chi connectivity index (χ3v) is 6.12. The fourth-order valence-electron chi connectivity index (χ4n) is 4.18. The second-order valence-corrected chi connectivity index (χ2v) is 10.4. The van der Waals surface area contributed by atoms with Gasteiger partial charge >= 0.3 is 6.01 Å². The number of nitrogens with one attached hydrogen (secondary N) is 2. The summed E-state index contributed by atoms with van der Waals surface area (Å²) in [6.07, 6.45) is 0. The van der Waals surface area contributed by atoms with E-state index in [9.17, 15) is 10.1 Å². The van der Waals surface area contributed by atoms with Gasteiger partial charge in [-0.05, 0) is 29.7 Å². The molecule has 0 atom stereocenters. The van der Waals surface area contributed by atoms with Crippen LogP contribution in [0.2, 0.25) is 0 Å². The number of amides is 1. The molecule has 11 heteroatoms. The van der Waals surface area contributed by atoms with Gasteiger partial charge in [0.1, 0.15) is 17.3 Å². The minimum absolute atomic E-state index is 0.0497. The first-order chi connectivity index (χ1) is 18.6. The van der Waals surface area contributed by atoms with Gasteiger partial charge in [0, 0.05) is 43.5 Å². The van der Waals surface area contributed by atoms with Gasteiger partial charge in [0.2, 0.25) is 5.88 Å². The number of nitrogens with zero attached hydrogens (tertiary/aromatic N) is 5. The Morgan fingerprint density at radius 1 is 1.10 bits per heavy atom. The number of aliphatic imine (C=N–C) groups is 1. The lowest BCUT2D eigenvalue weighted by atomic mass is 9.86. The maximum Gasteiger partial charge on any atom is 0.328 e. The third-order valence-electron chi connectivity index (χ3n) is 6.12. The normalized spacial score (nSPS) is 14.3. The molecule has 200 valence electrons. The molecule has 0 bridgehead atoms. The summed E-state index contributed by atoms with van der Waals surface area (Å²) in [4.78, 5) is 27.5. The van der Waals surface area contributed by atoms with E-state index in [1.807, 2.05) is 64.0 Å². The van der Waals surface area contributed by atoms with Crippen molar-refractivity contribution in [3.63, 3.8) is 0 Å². The van der Waals surface area contributed by atoms with E-state index in [0.29, 0.717) is 23.6 Å². The molecule has 11 nitrogen and oxygen atoms in total. The molecule has 2 aliphatic heterocycles. The van der Waals surface area contributed by atoms with Gasteiger partial charge in [0.15, 0.2) is 12.3 Å². The van der Waals surface area contributed by atoms with E-state index in [4.69, 9.17) is 14.2 Å². The Hall–Kier alpha value is -4.85. The van der Waals surface area contributed by atoms with Crippen LogP contribution in [0.4, 0.5) is 11.4 Å². The van der Waals surface area contributed by atoms with Gasteiger partial charge in [-0.1, -0.05) is 26.8 Å². The zero-order valence-electron chi connectivity index (χ0n) is 22.5. The number of rotatable bonds is 6. The molecule has 0 unspecified atom stereocenters. The van der Waals surface area contributed by atoms with Crippen molar-refractivity contribution in [2.45, 2.75) is 26.2 Å². The zero-order chi connectivity index (χ0) is 27.7. The average Bonchev–Trinajstić information content (AvgIpc) is 3.43. The Morgan fingerprint density at radius 3 is 2.62 bits per heavy atom. The molecular formula is C28H29N7O4. The first kappa shape index (κ1) is 25.8. The van der Waals surface area contributed by atoms with Crippen molar-refractivity contribution in [1.29, 1.82) is 5.26 Å². The van der Waals surface area contributed by atoms with Crippen LogP contribution in [0.1, 0.15) is 37.5 Å². The number of hydrogen-bond donors (Lipinski definition) is 2. The van der Waals surface area contributed by atoms with Crippen LogP contribution in [0.5, 0.6) is 29.3 Å². The van der Waals surface area contributed by atoms with Gasteiger partial charge in [-0.15, -0.1) is 0 Å². The number of fused-ring (bicyclic) bond motifs is 1. The number of benzene rings is 2. The van der Waals surface area contributed by atoms with Crippen LogP contribution in [0, 0.1) is 11.3 Å². The quantitative estimate of drug-likeness (QED) is 0.488. The van der Waals surface area contributed by atoms with Gasteiger partial charge in [-0.2, -0.15) is 15.2 Å². The van der Waals surface area contributed by atoms with E-state index in [2.05, 4.69) is 31.7 Å². The molecule has 3 aromatic rings. The van der Waals surface area contributed by atoms with Crippen molar-refractivity contribution < 1.29 is 19.0 Å². The number of nitriles is 1. The number of aromatic nitrogens is 2. The maximum atomic E-state index is 12.2. The number of ether oxygens (including phenoxy) is 3. The fraction of sp³-hybridized carbons (Fsp3) is 0.321. The monoisotopic (exact) mass is 527 g/mol. The minimum atomic E-state index is -0.353. The lowest BCUT2D eigenvalue weighted by molar-refractivity contribution is -0.118. The number of hydrogen-bond acceptors (Lipinski definition) is 10. The maximum absolute atomic E-state index is 12.2. The summed E-state index contributed by atoms with van der Waals surface area (Å²) in [6, 6.07) is 13.0. The number of carbonyl (C=O) groups is 1. The lowest BCUT2D eigenvalue weighted by Crippen LogP contribution is -2.27. The Kier molecular flexibility index (Phi) is 6.70. The summed E-state index contributed by atoms with van der Waals surface area (Å²) in [5.41, 5.74) is 2.98. The summed E-state index contributed by atoms with van der Waals surface area (Å²) in [6.45, 7) is 7.39. The van der Waals surface area contributed by atoms with E-state index in [1.54, 1.807) is 12.1 Å². The van der Waals surface area contributed by atoms with Crippen molar-refractivity contribution >= 4 is 23.1 Å². The van der Waals surface area contributed by atoms with E-state index < -0.39 is 0 Å². The molecule has 0 aliphatic carbocycles. The molecule has 0 saturated carbocycles. The predicted octanol–water partition coefficient (Wildman–Crippen LogP) is 3.98. The second kappa shape index (κ2) is 10.1. The highest BCUT2D eigenvalue weighted by molar-refractivity contribution is 6.01. The summed E-state index contributed by atoms with van der Waals surface area (Å²) in [5, 5.41) is 15.5. The Labute approximate surface area is 226 Å². The van der Waals surface area contributed by atoms with Crippen molar-refractivity contribution in [1.82, 2.24) is 15.3 Å². The van der Waals surface area contributed by atoms with Crippen molar-refractivity contribution in [2.75, 3.05) is 44.0 Å². The molecule has 2 aromatic carbocycles. The molecule has 0 radical (unpaired) electrons. The summed E-state index contributed by atoms with van der Waals surface area (Å²) in [5.74, 6) is 1.51. The molecule has 0 fully saturated rings. The van der Waals surface area contributed by atoms with Gasteiger partial charge < -0.3 is 29.7 Å². The van der Waals surface area contributed by atoms with Crippen LogP contribution < -0.4 is 29.7 Å². The van der Waals surface area contributed by atoms with E-state index in [1.165, 1.54) is 0 Å². The Bertz CT molecular complexity index is 1520. The molecular weight excluding hydrogens is 498 g/mol. The average molecular weight is 528 g/mol. The lowest BCUT2D eigenvalue weighted by Gasteiger charge is -2.23. The highest BCUT2D eigenvalue weighted by atomic mass is 16.5. The Balaban J connectivity index is 1.58. The number of carbonyl (C=O) groups excluding carboxylic acids is 1. The smallest absolute Gasteiger partial charge is 0.328 e. The topological polar surface area (TPSA) is 134 Å². The van der Waals surface area contributed by atoms with Crippen molar-refractivity contribution in [2.24, 2.45) is 4.99 Å². The number of amidine groups is 1. The van der Waals surface area contributed by atoms with Crippen LogP contribution in [0.15, 0.2) is 41.4 Å². The van der Waals surface area contributed by atoms with Gasteiger partial charge in [-0.25, -0.2) is 0 Å². The predicted molar refractivity (Wildman–Crippen MR) is 146 cm³/mol. The summed E-state index contributed by atoms with van der Waals surface area (Å²) < 4.78 is 18.0. The number of anilines is 2. The standard InChI is InChI=1S/C28H29N7O4/c1-28(2,3)20-7-6-16(14-29)10-21(20)39-27-33-25-23(32-22(36)15-37-25)26(34-27)38-19-12-17(24-30-8-9-31-24)11-18(13-19)35(4)5/h6-7,10-13H,8-9,15H2,1-5H3,(H,30,31)(H,32,36). The molecule has 1 amide bonds. The van der Waals surface area contributed by atoms with E-state index in [-0.39, 0.29) is 41.4 Å². The second-order valence-electron chi connectivity index (χ2n) is 10.4. The molecule has 39 heavy (non-hydrogen) atoms. The minimum Gasteiger partial charge on any atom is -0.466 e. The van der Waals surface area contributed by atoms with Crippen LogP contribution in [0.3, 0.4) is 0 Å². The third kappa shape index (κ3) is 5.55. The van der Waals surface area contributed by atoms with E-state index in [0.717, 1.165) is 29.2 Å². The summed E-state index contributed by atoms with van der Waals surface area (Å²) >= 11 is 0. The molecule has 3 heterocycles. The highest BCUT2D eigenvalue weighted by Gasteiger charge is 2.27. The SMILES string of the molecule is CN(C)c1cc(Oc2nc(Oc3cc(C#N)ccc3C(C)(C)C)nc3c2NC(=O)CO3)cc(C2=NCCN2)c1. The van der Waals surface area contributed by atoms with Gasteiger partial charge in [-0.3, -0.25) is 9.79 Å². The fourth-order valence-corrected chi connectivity index (χ4v) is 4.18. The van der Waals surface area contributed by atoms with E-state index >= 15 is 0 Å². The van der Waals surface area contributed by atoms with Crippen LogP contribution in [0.25, 0.3) is 0 Å². The molecule has 0 spiro atoms. The van der Waals surface area contributed by atoms with Gasteiger partial charge in [0.05, 0.1) is 18.2 Å². The van der Waals surface area contributed by atoms with Crippen molar-refractivity contribution in [3.05, 3.63) is 53.1 Å². The van der Waals surface area contributed by atoms with Crippen molar-refractivity contribution in [3.8, 4) is 35.3 Å².